The largest absolute Gasteiger partial charge is 0.411 e. The Morgan fingerprint density at radius 1 is 1.10 bits per heavy atom. The van der Waals surface area contributed by atoms with Crippen molar-refractivity contribution in [3.05, 3.63) is 58.0 Å². The predicted molar refractivity (Wildman–Crippen MR) is 182 cm³/mol. The number of aromatic nitrogens is 2. The Labute approximate surface area is 280 Å². The first-order chi connectivity index (χ1) is 23.0. The number of nitrogens with zero attached hydrogens (tertiary/aromatic N) is 4. The molecule has 3 aromatic rings. The highest BCUT2D eigenvalue weighted by molar-refractivity contribution is 8.14. The number of aliphatic hydroxyl groups excluding tert-OH is 1. The van der Waals surface area contributed by atoms with Crippen LogP contribution in [0, 0.1) is 5.92 Å². The Morgan fingerprint density at radius 2 is 1.88 bits per heavy atom. The number of piperidine rings is 1. The average Bonchev–Trinajstić information content (AvgIpc) is 3.58. The number of carbonyl (C=O) groups excluding carboxylic acids is 2. The van der Waals surface area contributed by atoms with Crippen LogP contribution >= 0.6 is 11.8 Å². The number of aliphatic imine (C=N–C) groups is 1. The lowest BCUT2D eigenvalue weighted by Gasteiger charge is -2.29. The molecule has 4 N–H and O–H groups in total. The summed E-state index contributed by atoms with van der Waals surface area (Å²) in [5.74, 6) is -0.270. The molecule has 258 valence electrons. The minimum atomic E-state index is -4.52. The number of amides is 3. The number of aliphatic hydroxyl groups is 1. The molecule has 1 atom stereocenters. The third kappa shape index (κ3) is 8.36. The van der Waals surface area contributed by atoms with Crippen molar-refractivity contribution in [2.24, 2.45) is 10.9 Å². The molecule has 48 heavy (non-hydrogen) atoms. The molecule has 2 aromatic heterocycles. The van der Waals surface area contributed by atoms with Crippen LogP contribution in [0.4, 0.5) is 23.8 Å². The van der Waals surface area contributed by atoms with Crippen LogP contribution < -0.4 is 21.4 Å². The molecule has 1 unspecified atom stereocenters. The third-order valence-corrected chi connectivity index (χ3v) is 9.67. The summed E-state index contributed by atoms with van der Waals surface area (Å²) in [4.78, 5) is 49.8. The summed E-state index contributed by atoms with van der Waals surface area (Å²) in [6.45, 7) is 4.62. The molecule has 3 amide bonds. The van der Waals surface area contributed by atoms with Gasteiger partial charge < -0.3 is 25.2 Å². The van der Waals surface area contributed by atoms with Crippen LogP contribution in [-0.4, -0.2) is 94.3 Å². The number of fused-ring (bicyclic) bond motifs is 1. The van der Waals surface area contributed by atoms with Gasteiger partial charge in [-0.1, -0.05) is 13.0 Å². The molecule has 0 bridgehead atoms. The Bertz CT molecular complexity index is 1740. The number of alkyl halides is 3. The Kier molecular flexibility index (Phi) is 11.4. The standard InChI is InChI=1S/C33H40F3N7O4S/c1-3-9-38-32(47)41-28-16-22(31-40-27(19-48-31)33(34,35)36)24(17-39-28)21-4-5-26-23(15-21)29(45)25(30(46)37-10-14-44)18-43(26)13-8-20-6-11-42(2)12-7-20/h4-5,15-18,20,27,44H,3,6-14,19H2,1-2H3,(H,37,46)(H2,38,39,41,47). The SMILES string of the molecule is CCCNC(=O)Nc1cc(C2=NC(C(F)(F)F)CS2)c(-c2ccc3c(c2)c(=O)c(C(=O)NCCO)cn3CCC2CCN(C)CC2)cn1. The van der Waals surface area contributed by atoms with Gasteiger partial charge in [0.05, 0.1) is 17.2 Å². The fraction of sp³-hybridized carbons (Fsp3) is 0.485. The molecular weight excluding hydrogens is 647 g/mol. The van der Waals surface area contributed by atoms with Gasteiger partial charge in [0.15, 0.2) is 6.04 Å². The molecule has 5 rings (SSSR count). The van der Waals surface area contributed by atoms with Gasteiger partial charge in [0.25, 0.3) is 5.91 Å². The number of rotatable bonds is 11. The van der Waals surface area contributed by atoms with Crippen molar-refractivity contribution in [1.29, 1.82) is 0 Å². The minimum Gasteiger partial charge on any atom is -0.395 e. The highest BCUT2D eigenvalue weighted by atomic mass is 32.2. The second-order valence-corrected chi connectivity index (χ2v) is 13.1. The van der Waals surface area contributed by atoms with Crippen LogP contribution in [0.1, 0.15) is 48.5 Å². The lowest BCUT2D eigenvalue weighted by atomic mass is 9.93. The van der Waals surface area contributed by atoms with Crippen LogP contribution in [0.2, 0.25) is 0 Å². The minimum absolute atomic E-state index is 0.0173. The lowest BCUT2D eigenvalue weighted by Crippen LogP contribution is -2.32. The van der Waals surface area contributed by atoms with Gasteiger partial charge in [-0.3, -0.25) is 19.9 Å². The maximum absolute atomic E-state index is 13.8. The van der Waals surface area contributed by atoms with E-state index in [1.807, 2.05) is 11.5 Å². The molecule has 0 saturated carbocycles. The Balaban J connectivity index is 1.58. The molecule has 0 radical (unpaired) electrons. The van der Waals surface area contributed by atoms with Crippen LogP contribution in [-0.2, 0) is 6.54 Å². The molecule has 15 heteroatoms. The first kappa shape index (κ1) is 35.4. The van der Waals surface area contributed by atoms with Gasteiger partial charge in [0.1, 0.15) is 11.4 Å². The van der Waals surface area contributed by atoms with Gasteiger partial charge in [-0.15, -0.1) is 11.8 Å². The van der Waals surface area contributed by atoms with Crippen LogP contribution in [0.3, 0.4) is 0 Å². The van der Waals surface area contributed by atoms with E-state index in [4.69, 9.17) is 0 Å². The topological polar surface area (TPSA) is 141 Å². The smallest absolute Gasteiger partial charge is 0.395 e. The molecule has 2 aliphatic rings. The van der Waals surface area contributed by atoms with Gasteiger partial charge in [-0.05, 0) is 75.5 Å². The number of hydrogen-bond acceptors (Lipinski definition) is 8. The summed E-state index contributed by atoms with van der Waals surface area (Å²) >= 11 is 0.956. The van der Waals surface area contributed by atoms with E-state index in [-0.39, 0.29) is 40.7 Å². The average molecular weight is 688 g/mol. The van der Waals surface area contributed by atoms with Crippen molar-refractivity contribution >= 4 is 45.5 Å². The Hall–Kier alpha value is -3.95. The number of anilines is 1. The highest BCUT2D eigenvalue weighted by Crippen LogP contribution is 2.37. The fourth-order valence-corrected chi connectivity index (χ4v) is 6.97. The van der Waals surface area contributed by atoms with Crippen molar-refractivity contribution in [2.45, 2.75) is 51.4 Å². The van der Waals surface area contributed by atoms with Crippen molar-refractivity contribution in [3.8, 4) is 11.1 Å². The van der Waals surface area contributed by atoms with Crippen LogP contribution in [0.5, 0.6) is 0 Å². The summed E-state index contributed by atoms with van der Waals surface area (Å²) in [5, 5.41) is 17.5. The number of hydrogen-bond donors (Lipinski definition) is 4. The molecule has 1 fully saturated rings. The van der Waals surface area contributed by atoms with E-state index in [0.29, 0.717) is 47.6 Å². The first-order valence-electron chi connectivity index (χ1n) is 16.1. The quantitative estimate of drug-likeness (QED) is 0.233. The second-order valence-electron chi connectivity index (χ2n) is 12.1. The summed E-state index contributed by atoms with van der Waals surface area (Å²) in [6.07, 6.45) is 2.16. The van der Waals surface area contributed by atoms with Gasteiger partial charge in [0.2, 0.25) is 5.43 Å². The highest BCUT2D eigenvalue weighted by Gasteiger charge is 2.43. The van der Waals surface area contributed by atoms with Gasteiger partial charge in [-0.25, -0.2) is 9.78 Å². The summed E-state index contributed by atoms with van der Waals surface area (Å²) in [7, 11) is 2.10. The zero-order chi connectivity index (χ0) is 34.4. The molecule has 0 aliphatic carbocycles. The first-order valence-corrected chi connectivity index (χ1v) is 17.0. The lowest BCUT2D eigenvalue weighted by molar-refractivity contribution is -0.141. The van der Waals surface area contributed by atoms with Crippen LogP contribution in [0.25, 0.3) is 22.0 Å². The van der Waals surface area contributed by atoms with Crippen molar-refractivity contribution in [1.82, 2.24) is 25.1 Å². The number of urea groups is 1. The number of nitrogens with one attached hydrogen (secondary N) is 3. The number of likely N-dealkylation sites (tertiary alicyclic amines) is 1. The Morgan fingerprint density at radius 3 is 2.56 bits per heavy atom. The summed E-state index contributed by atoms with van der Waals surface area (Å²) in [6, 6.07) is 4.25. The molecule has 0 spiro atoms. The van der Waals surface area contributed by atoms with E-state index in [0.717, 1.165) is 44.1 Å². The van der Waals surface area contributed by atoms with E-state index in [2.05, 4.69) is 37.9 Å². The molecule has 4 heterocycles. The van der Waals surface area contributed by atoms with Crippen LogP contribution in [0.15, 0.2) is 46.4 Å². The third-order valence-electron chi connectivity index (χ3n) is 8.59. The van der Waals surface area contributed by atoms with Crippen molar-refractivity contribution < 1.29 is 27.9 Å². The molecule has 1 aromatic carbocycles. The zero-order valence-corrected chi connectivity index (χ0v) is 27.7. The van der Waals surface area contributed by atoms with Gasteiger partial charge in [0, 0.05) is 54.3 Å². The molecular formula is C33H40F3N7O4S. The van der Waals surface area contributed by atoms with E-state index < -0.39 is 29.6 Å². The van der Waals surface area contributed by atoms with E-state index in [9.17, 15) is 32.7 Å². The van der Waals surface area contributed by atoms with Gasteiger partial charge >= 0.3 is 12.2 Å². The molecule has 11 nitrogen and oxygen atoms in total. The normalized spacial score (nSPS) is 17.4. The molecule has 2 aliphatic heterocycles. The fourth-order valence-electron chi connectivity index (χ4n) is 5.87. The number of aryl methyl sites for hydroxylation is 1. The summed E-state index contributed by atoms with van der Waals surface area (Å²) in [5.41, 5.74) is 1.25. The van der Waals surface area contributed by atoms with E-state index in [1.165, 1.54) is 12.3 Å². The summed E-state index contributed by atoms with van der Waals surface area (Å²) < 4.78 is 42.7. The monoisotopic (exact) mass is 687 g/mol. The number of benzene rings is 1. The van der Waals surface area contributed by atoms with Gasteiger partial charge in [-0.2, -0.15) is 13.2 Å². The number of halogens is 3. The number of pyridine rings is 2. The second kappa shape index (κ2) is 15.5. The van der Waals surface area contributed by atoms with Crippen molar-refractivity contribution in [2.75, 3.05) is 50.9 Å². The van der Waals surface area contributed by atoms with E-state index >= 15 is 0 Å². The van der Waals surface area contributed by atoms with E-state index in [1.54, 1.807) is 24.4 Å². The number of carbonyl (C=O) groups is 2. The van der Waals surface area contributed by atoms with Crippen molar-refractivity contribution in [3.63, 3.8) is 0 Å². The maximum Gasteiger partial charge on any atom is 0.411 e. The molecule has 1 saturated heterocycles. The maximum atomic E-state index is 13.8. The zero-order valence-electron chi connectivity index (χ0n) is 26.9. The predicted octanol–water partition coefficient (Wildman–Crippen LogP) is 4.47. The number of thioether (sulfide) groups is 1.